The lowest BCUT2D eigenvalue weighted by Crippen LogP contribution is -2.46. The summed E-state index contributed by atoms with van der Waals surface area (Å²) in [6.07, 6.45) is -0.117. The standard InChI is InChI=1S/C19H17ClN2O4/c1-26-16-10-6-5-9-14(16)22(18(24)12-20)15-11-17(23)21(19(15)25)13-7-3-2-4-8-13/h2-10,15H,11-12H2,1H3/t15-/m1/s1. The molecule has 0 aliphatic carbocycles. The van der Waals surface area contributed by atoms with Gasteiger partial charge in [-0.3, -0.25) is 19.3 Å². The lowest BCUT2D eigenvalue weighted by Gasteiger charge is -2.28. The fourth-order valence-electron chi connectivity index (χ4n) is 3.04. The van der Waals surface area contributed by atoms with E-state index in [1.165, 1.54) is 12.0 Å². The van der Waals surface area contributed by atoms with Gasteiger partial charge in [0.25, 0.3) is 5.91 Å². The Kier molecular flexibility index (Phi) is 5.23. The number of alkyl halides is 1. The minimum Gasteiger partial charge on any atom is -0.495 e. The molecule has 3 amide bonds. The minimum absolute atomic E-state index is 0.117. The van der Waals surface area contributed by atoms with E-state index in [1.54, 1.807) is 54.6 Å². The Bertz CT molecular complexity index is 840. The highest BCUT2D eigenvalue weighted by Crippen LogP contribution is 2.34. The molecule has 1 fully saturated rings. The van der Waals surface area contributed by atoms with Crippen LogP contribution in [0.2, 0.25) is 0 Å². The molecule has 2 aromatic carbocycles. The molecule has 1 aliphatic rings. The molecule has 3 rings (SSSR count). The van der Waals surface area contributed by atoms with Gasteiger partial charge in [-0.05, 0) is 24.3 Å². The third-order valence-electron chi connectivity index (χ3n) is 4.18. The van der Waals surface area contributed by atoms with Gasteiger partial charge < -0.3 is 4.74 Å². The molecule has 6 nitrogen and oxygen atoms in total. The van der Waals surface area contributed by atoms with Gasteiger partial charge in [-0.1, -0.05) is 30.3 Å². The molecule has 0 N–H and O–H groups in total. The second kappa shape index (κ2) is 7.58. The van der Waals surface area contributed by atoms with Crippen molar-refractivity contribution in [2.24, 2.45) is 0 Å². The Morgan fingerprint density at radius 1 is 1.15 bits per heavy atom. The van der Waals surface area contributed by atoms with Crippen molar-refractivity contribution in [1.82, 2.24) is 0 Å². The second-order valence-electron chi connectivity index (χ2n) is 5.69. The first-order chi connectivity index (χ1) is 12.6. The van der Waals surface area contributed by atoms with Crippen LogP contribution in [0.15, 0.2) is 54.6 Å². The van der Waals surface area contributed by atoms with Crippen molar-refractivity contribution in [2.45, 2.75) is 12.5 Å². The van der Waals surface area contributed by atoms with E-state index in [9.17, 15) is 14.4 Å². The van der Waals surface area contributed by atoms with Crippen molar-refractivity contribution < 1.29 is 19.1 Å². The number of carbonyl (C=O) groups is 3. The van der Waals surface area contributed by atoms with Crippen LogP contribution >= 0.6 is 11.6 Å². The van der Waals surface area contributed by atoms with Crippen LogP contribution in [0.1, 0.15) is 6.42 Å². The van der Waals surface area contributed by atoms with Gasteiger partial charge in [0.15, 0.2) is 0 Å². The molecular weight excluding hydrogens is 356 g/mol. The highest BCUT2D eigenvalue weighted by molar-refractivity contribution is 6.31. The largest absolute Gasteiger partial charge is 0.495 e. The fraction of sp³-hybridized carbons (Fsp3) is 0.211. The molecule has 7 heteroatoms. The molecule has 1 heterocycles. The van der Waals surface area contributed by atoms with Gasteiger partial charge in [0, 0.05) is 0 Å². The van der Waals surface area contributed by atoms with Crippen LogP contribution in [0.4, 0.5) is 11.4 Å². The number of para-hydroxylation sites is 3. The molecule has 2 aromatic rings. The number of hydrogen-bond acceptors (Lipinski definition) is 4. The number of amides is 3. The molecule has 1 aliphatic heterocycles. The van der Waals surface area contributed by atoms with Gasteiger partial charge in [0.2, 0.25) is 11.8 Å². The summed E-state index contributed by atoms with van der Waals surface area (Å²) in [5.41, 5.74) is 0.880. The lowest BCUT2D eigenvalue weighted by molar-refractivity contribution is -0.123. The first kappa shape index (κ1) is 17.9. The number of ether oxygens (including phenoxy) is 1. The quantitative estimate of drug-likeness (QED) is 0.597. The number of benzene rings is 2. The van der Waals surface area contributed by atoms with Crippen LogP contribution in [-0.4, -0.2) is 36.8 Å². The number of methoxy groups -OCH3 is 1. The summed E-state index contributed by atoms with van der Waals surface area (Å²) in [6, 6.07) is 14.5. The number of hydrogen-bond donors (Lipinski definition) is 0. The summed E-state index contributed by atoms with van der Waals surface area (Å²) in [5, 5.41) is 0. The van der Waals surface area contributed by atoms with Gasteiger partial charge >= 0.3 is 0 Å². The minimum atomic E-state index is -0.967. The van der Waals surface area contributed by atoms with E-state index < -0.39 is 17.9 Å². The summed E-state index contributed by atoms with van der Waals surface area (Å²) in [7, 11) is 1.47. The summed E-state index contributed by atoms with van der Waals surface area (Å²) in [4.78, 5) is 40.4. The Morgan fingerprint density at radius 2 is 1.81 bits per heavy atom. The summed E-state index contributed by atoms with van der Waals surface area (Å²) >= 11 is 5.77. The van der Waals surface area contributed by atoms with Crippen LogP contribution < -0.4 is 14.5 Å². The molecule has 134 valence electrons. The van der Waals surface area contributed by atoms with E-state index in [0.29, 0.717) is 17.1 Å². The van der Waals surface area contributed by atoms with E-state index in [-0.39, 0.29) is 18.2 Å². The maximum absolute atomic E-state index is 13.0. The summed E-state index contributed by atoms with van der Waals surface area (Å²) in [5.74, 6) is -1.21. The number of halogens is 1. The Balaban J connectivity index is 2.02. The molecule has 1 saturated heterocycles. The van der Waals surface area contributed by atoms with E-state index in [4.69, 9.17) is 16.3 Å². The van der Waals surface area contributed by atoms with E-state index in [0.717, 1.165) is 4.90 Å². The van der Waals surface area contributed by atoms with E-state index in [1.807, 2.05) is 0 Å². The fourth-order valence-corrected chi connectivity index (χ4v) is 3.16. The van der Waals surface area contributed by atoms with Gasteiger partial charge in [0.1, 0.15) is 17.7 Å². The molecule has 0 bridgehead atoms. The Labute approximate surface area is 155 Å². The first-order valence-electron chi connectivity index (χ1n) is 8.01. The molecule has 0 saturated carbocycles. The van der Waals surface area contributed by atoms with Crippen LogP contribution in [0, 0.1) is 0 Å². The number of rotatable bonds is 5. The number of carbonyl (C=O) groups excluding carboxylic acids is 3. The normalized spacial score (nSPS) is 16.7. The SMILES string of the molecule is COc1ccccc1N(C(=O)CCl)[C@@H]1CC(=O)N(c2ccccc2)C1=O. The molecule has 0 radical (unpaired) electrons. The van der Waals surface area contributed by atoms with Gasteiger partial charge in [0.05, 0.1) is 24.9 Å². The van der Waals surface area contributed by atoms with E-state index in [2.05, 4.69) is 0 Å². The number of nitrogens with zero attached hydrogens (tertiary/aromatic N) is 2. The Hall–Kier alpha value is -2.86. The van der Waals surface area contributed by atoms with Crippen molar-refractivity contribution in [1.29, 1.82) is 0 Å². The predicted molar refractivity (Wildman–Crippen MR) is 98.5 cm³/mol. The molecule has 0 unspecified atom stereocenters. The third kappa shape index (κ3) is 3.15. The van der Waals surface area contributed by atoms with Crippen LogP contribution in [-0.2, 0) is 14.4 Å². The predicted octanol–water partition coefficient (Wildman–Crippen LogP) is 2.60. The molecule has 0 spiro atoms. The zero-order chi connectivity index (χ0) is 18.7. The maximum atomic E-state index is 13.0. The smallest absolute Gasteiger partial charge is 0.257 e. The number of imide groups is 1. The van der Waals surface area contributed by atoms with Gasteiger partial charge in [-0.15, -0.1) is 11.6 Å². The van der Waals surface area contributed by atoms with Crippen LogP contribution in [0.25, 0.3) is 0 Å². The van der Waals surface area contributed by atoms with Crippen molar-refractivity contribution in [2.75, 3.05) is 22.8 Å². The Morgan fingerprint density at radius 3 is 2.46 bits per heavy atom. The maximum Gasteiger partial charge on any atom is 0.257 e. The molecule has 26 heavy (non-hydrogen) atoms. The monoisotopic (exact) mass is 372 g/mol. The molecular formula is C19H17ClN2O4. The molecule has 0 aromatic heterocycles. The topological polar surface area (TPSA) is 66.9 Å². The zero-order valence-electron chi connectivity index (χ0n) is 14.1. The van der Waals surface area contributed by atoms with Crippen molar-refractivity contribution in [3.63, 3.8) is 0 Å². The number of anilines is 2. The first-order valence-corrected chi connectivity index (χ1v) is 8.54. The molecule has 1 atom stereocenters. The average Bonchev–Trinajstić information content (AvgIpc) is 2.97. The van der Waals surface area contributed by atoms with Gasteiger partial charge in [-0.25, -0.2) is 4.90 Å². The lowest BCUT2D eigenvalue weighted by atomic mass is 10.1. The summed E-state index contributed by atoms with van der Waals surface area (Å²) < 4.78 is 5.31. The highest BCUT2D eigenvalue weighted by atomic mass is 35.5. The summed E-state index contributed by atoms with van der Waals surface area (Å²) in [6.45, 7) is 0. The van der Waals surface area contributed by atoms with Crippen LogP contribution in [0.3, 0.4) is 0 Å². The zero-order valence-corrected chi connectivity index (χ0v) is 14.8. The van der Waals surface area contributed by atoms with Gasteiger partial charge in [-0.2, -0.15) is 0 Å². The second-order valence-corrected chi connectivity index (χ2v) is 5.96. The van der Waals surface area contributed by atoms with Crippen LogP contribution in [0.5, 0.6) is 5.75 Å². The van der Waals surface area contributed by atoms with Crippen molar-refractivity contribution in [3.05, 3.63) is 54.6 Å². The average molecular weight is 373 g/mol. The van der Waals surface area contributed by atoms with Crippen molar-refractivity contribution >= 4 is 40.7 Å². The van der Waals surface area contributed by atoms with E-state index >= 15 is 0 Å². The highest BCUT2D eigenvalue weighted by Gasteiger charge is 2.45. The van der Waals surface area contributed by atoms with Crippen molar-refractivity contribution in [3.8, 4) is 5.75 Å². The third-order valence-corrected chi connectivity index (χ3v) is 4.41.